The summed E-state index contributed by atoms with van der Waals surface area (Å²) in [6.45, 7) is 3.21. The predicted octanol–water partition coefficient (Wildman–Crippen LogP) is 4.84. The molecule has 3 aliphatic carbocycles. The molecule has 4 unspecified atom stereocenters. The van der Waals surface area contributed by atoms with Crippen molar-refractivity contribution in [2.24, 2.45) is 28.7 Å². The summed E-state index contributed by atoms with van der Waals surface area (Å²) < 4.78 is 0. The van der Waals surface area contributed by atoms with Crippen LogP contribution in [0.5, 0.6) is 0 Å². The molecule has 0 spiro atoms. The van der Waals surface area contributed by atoms with Crippen molar-refractivity contribution in [3.05, 3.63) is 47.6 Å². The van der Waals surface area contributed by atoms with Gasteiger partial charge in [0.15, 0.2) is 0 Å². The zero-order valence-corrected chi connectivity index (χ0v) is 14.6. The molecule has 1 saturated carbocycles. The summed E-state index contributed by atoms with van der Waals surface area (Å²) in [7, 11) is 0. The second-order valence-corrected chi connectivity index (χ2v) is 7.66. The highest BCUT2D eigenvalue weighted by molar-refractivity contribution is 6.08. The Bertz CT molecular complexity index is 676. The normalized spacial score (nSPS) is 35.9. The predicted molar refractivity (Wildman–Crippen MR) is 99.1 cm³/mol. The quantitative estimate of drug-likeness (QED) is 0.715. The Hall–Kier alpha value is -1.70. The molecule has 0 bridgehead atoms. The Kier molecular flexibility index (Phi) is 4.39. The average Bonchev–Trinajstić information content (AvgIpc) is 2.62. The molecule has 4 aliphatic rings. The largest absolute Gasteiger partial charge is 0.299 e. The first-order chi connectivity index (χ1) is 11.7. The van der Waals surface area contributed by atoms with E-state index in [-0.39, 0.29) is 5.92 Å². The number of carbonyl (C=O) groups excluding carboxylic acids is 1. The summed E-state index contributed by atoms with van der Waals surface area (Å²) >= 11 is 0. The van der Waals surface area contributed by atoms with Gasteiger partial charge in [-0.3, -0.25) is 9.79 Å². The second-order valence-electron chi connectivity index (χ2n) is 7.66. The average molecular weight is 321 g/mol. The van der Waals surface area contributed by atoms with Crippen LogP contribution in [0.15, 0.2) is 52.6 Å². The minimum Gasteiger partial charge on any atom is -0.299 e. The lowest BCUT2D eigenvalue weighted by Gasteiger charge is -2.36. The van der Waals surface area contributed by atoms with E-state index in [0.29, 0.717) is 23.5 Å². The number of allylic oxidation sites excluding steroid dienone is 8. The van der Waals surface area contributed by atoms with E-state index in [4.69, 9.17) is 0 Å². The van der Waals surface area contributed by atoms with Gasteiger partial charge in [-0.2, -0.15) is 0 Å². The van der Waals surface area contributed by atoms with E-state index < -0.39 is 0 Å². The molecular formula is C22H27NO. The molecule has 1 aliphatic heterocycles. The van der Waals surface area contributed by atoms with Crippen molar-refractivity contribution >= 4 is 11.5 Å². The SMILES string of the molecule is CC1C=C(C2CCN=C3CCCC(=O)C32)C=CC1C1=CCCC=C1. The van der Waals surface area contributed by atoms with Crippen LogP contribution in [0.1, 0.15) is 45.4 Å². The van der Waals surface area contributed by atoms with Crippen LogP contribution >= 0.6 is 0 Å². The number of hydrogen-bond acceptors (Lipinski definition) is 2. The number of carbonyl (C=O) groups is 1. The van der Waals surface area contributed by atoms with E-state index in [1.54, 1.807) is 0 Å². The van der Waals surface area contributed by atoms with Crippen LogP contribution in [0, 0.1) is 23.7 Å². The molecule has 0 saturated heterocycles. The maximum Gasteiger partial charge on any atom is 0.142 e. The van der Waals surface area contributed by atoms with Crippen LogP contribution in [0.25, 0.3) is 0 Å². The van der Waals surface area contributed by atoms with Crippen molar-refractivity contribution in [3.63, 3.8) is 0 Å². The fourth-order valence-corrected chi connectivity index (χ4v) is 4.84. The van der Waals surface area contributed by atoms with E-state index >= 15 is 0 Å². The van der Waals surface area contributed by atoms with E-state index in [0.717, 1.165) is 32.2 Å². The van der Waals surface area contributed by atoms with E-state index in [9.17, 15) is 4.79 Å². The van der Waals surface area contributed by atoms with Crippen LogP contribution in [-0.4, -0.2) is 18.0 Å². The summed E-state index contributed by atoms with van der Waals surface area (Å²) in [4.78, 5) is 17.2. The molecule has 0 N–H and O–H groups in total. The minimum atomic E-state index is 0.0703. The minimum absolute atomic E-state index is 0.0703. The lowest BCUT2D eigenvalue weighted by Crippen LogP contribution is -2.39. The van der Waals surface area contributed by atoms with Crippen molar-refractivity contribution in [2.75, 3.05) is 6.54 Å². The number of Topliss-reactive ketones (excluding diaryl/α,β-unsaturated/α-hetero) is 1. The number of fused-ring (bicyclic) bond motifs is 1. The molecule has 126 valence electrons. The fraction of sp³-hybridized carbons (Fsp3) is 0.545. The smallest absolute Gasteiger partial charge is 0.142 e. The van der Waals surface area contributed by atoms with Gasteiger partial charge in [-0.05, 0) is 49.2 Å². The van der Waals surface area contributed by atoms with Gasteiger partial charge in [-0.15, -0.1) is 0 Å². The van der Waals surface area contributed by atoms with Gasteiger partial charge < -0.3 is 0 Å². The Morgan fingerprint density at radius 2 is 2.04 bits per heavy atom. The standard InChI is InChI=1S/C22H27NO/c1-15-14-17(10-11-18(15)16-6-3-2-4-7-16)19-12-13-23-20-8-5-9-21(24)22(19)20/h3,6-7,10-11,14-15,18-19,22H,2,4-5,8-9,12-13H2,1H3. The molecule has 0 amide bonds. The van der Waals surface area contributed by atoms with Crippen molar-refractivity contribution in [2.45, 2.75) is 45.4 Å². The third-order valence-electron chi connectivity index (χ3n) is 6.07. The topological polar surface area (TPSA) is 29.4 Å². The summed E-state index contributed by atoms with van der Waals surface area (Å²) in [6.07, 6.45) is 20.2. The van der Waals surface area contributed by atoms with E-state index in [1.807, 2.05) is 0 Å². The second kappa shape index (κ2) is 6.66. The molecule has 0 aromatic rings. The van der Waals surface area contributed by atoms with Crippen LogP contribution < -0.4 is 0 Å². The highest BCUT2D eigenvalue weighted by atomic mass is 16.1. The number of hydrogen-bond donors (Lipinski definition) is 0. The summed E-state index contributed by atoms with van der Waals surface area (Å²) in [5, 5.41) is 0. The number of ketones is 1. The number of aliphatic imine (C=N–C) groups is 1. The van der Waals surface area contributed by atoms with Gasteiger partial charge >= 0.3 is 0 Å². The van der Waals surface area contributed by atoms with Gasteiger partial charge in [-0.25, -0.2) is 0 Å². The first kappa shape index (κ1) is 15.8. The van der Waals surface area contributed by atoms with Crippen molar-refractivity contribution in [1.82, 2.24) is 0 Å². The summed E-state index contributed by atoms with van der Waals surface area (Å²) in [5.41, 5.74) is 4.02. The van der Waals surface area contributed by atoms with Crippen LogP contribution in [-0.2, 0) is 4.79 Å². The summed E-state index contributed by atoms with van der Waals surface area (Å²) in [6, 6.07) is 0. The van der Waals surface area contributed by atoms with Gasteiger partial charge in [0.2, 0.25) is 0 Å². The molecule has 0 aromatic heterocycles. The molecule has 4 rings (SSSR count). The highest BCUT2D eigenvalue weighted by Gasteiger charge is 2.38. The molecule has 2 nitrogen and oxygen atoms in total. The fourth-order valence-electron chi connectivity index (χ4n) is 4.84. The molecule has 24 heavy (non-hydrogen) atoms. The first-order valence-electron chi connectivity index (χ1n) is 9.56. The van der Waals surface area contributed by atoms with E-state index in [2.05, 4.69) is 48.4 Å². The Morgan fingerprint density at radius 1 is 1.12 bits per heavy atom. The lowest BCUT2D eigenvalue weighted by atomic mass is 9.69. The molecule has 4 atom stereocenters. The Balaban J connectivity index is 1.56. The molecule has 2 heteroatoms. The Morgan fingerprint density at radius 3 is 2.83 bits per heavy atom. The molecule has 1 heterocycles. The van der Waals surface area contributed by atoms with Gasteiger partial charge in [0.25, 0.3) is 0 Å². The van der Waals surface area contributed by atoms with Gasteiger partial charge in [0.05, 0.1) is 5.92 Å². The molecule has 1 fully saturated rings. The molecule has 0 radical (unpaired) electrons. The highest BCUT2D eigenvalue weighted by Crippen LogP contribution is 2.40. The van der Waals surface area contributed by atoms with E-state index in [1.165, 1.54) is 29.7 Å². The van der Waals surface area contributed by atoms with Crippen molar-refractivity contribution in [1.29, 1.82) is 0 Å². The Labute approximate surface area is 145 Å². The van der Waals surface area contributed by atoms with Gasteiger partial charge in [0.1, 0.15) is 5.78 Å². The van der Waals surface area contributed by atoms with Gasteiger partial charge in [-0.1, -0.05) is 43.4 Å². The van der Waals surface area contributed by atoms with Crippen molar-refractivity contribution in [3.8, 4) is 0 Å². The zero-order chi connectivity index (χ0) is 16.5. The number of rotatable bonds is 2. The molecule has 0 aromatic carbocycles. The van der Waals surface area contributed by atoms with Gasteiger partial charge in [0, 0.05) is 30.5 Å². The maximum atomic E-state index is 12.5. The number of nitrogens with zero attached hydrogens (tertiary/aromatic N) is 1. The van der Waals surface area contributed by atoms with Crippen LogP contribution in [0.3, 0.4) is 0 Å². The zero-order valence-electron chi connectivity index (χ0n) is 14.6. The maximum absolute atomic E-state index is 12.5. The lowest BCUT2D eigenvalue weighted by molar-refractivity contribution is -0.122. The first-order valence-corrected chi connectivity index (χ1v) is 9.56. The molecular weight excluding hydrogens is 294 g/mol. The third-order valence-corrected chi connectivity index (χ3v) is 6.07. The van der Waals surface area contributed by atoms with Crippen LogP contribution in [0.2, 0.25) is 0 Å². The van der Waals surface area contributed by atoms with Crippen molar-refractivity contribution < 1.29 is 4.79 Å². The van der Waals surface area contributed by atoms with Crippen LogP contribution in [0.4, 0.5) is 0 Å². The summed E-state index contributed by atoms with van der Waals surface area (Å²) in [5.74, 6) is 1.84. The third kappa shape index (κ3) is 2.87. The monoisotopic (exact) mass is 321 g/mol.